The van der Waals surface area contributed by atoms with Crippen LogP contribution >= 0.6 is 11.3 Å². The van der Waals surface area contributed by atoms with Crippen molar-refractivity contribution in [1.29, 1.82) is 5.26 Å². The van der Waals surface area contributed by atoms with E-state index in [0.29, 0.717) is 11.3 Å². The van der Waals surface area contributed by atoms with Crippen LogP contribution in [0.4, 0.5) is 4.79 Å². The number of hydrogen-bond donors (Lipinski definition) is 1. The molecule has 1 aromatic heterocycles. The summed E-state index contributed by atoms with van der Waals surface area (Å²) < 4.78 is 11.0. The highest BCUT2D eigenvalue weighted by molar-refractivity contribution is 7.17. The lowest BCUT2D eigenvalue weighted by Crippen LogP contribution is -2.21. The molecule has 1 aliphatic carbocycles. The van der Waals surface area contributed by atoms with Gasteiger partial charge in [-0.25, -0.2) is 4.79 Å². The smallest absolute Gasteiger partial charge is 0.405 e. The second-order valence-corrected chi connectivity index (χ2v) is 8.57. The molecule has 2 aromatic carbocycles. The second-order valence-electron chi connectivity index (χ2n) is 7.59. The van der Waals surface area contributed by atoms with Crippen LogP contribution in [0, 0.1) is 11.3 Å². The highest BCUT2D eigenvalue weighted by Crippen LogP contribution is 2.40. The summed E-state index contributed by atoms with van der Waals surface area (Å²) in [7, 11) is 0. The number of carbonyl (C=O) groups excluding carboxylic acids is 1. The minimum absolute atomic E-state index is 0.0160. The summed E-state index contributed by atoms with van der Waals surface area (Å²) in [5.74, 6) is 0.559. The molecule has 0 fully saturated rings. The van der Waals surface area contributed by atoms with Gasteiger partial charge in [0.2, 0.25) is 0 Å². The molecule has 3 aromatic rings. The largest absolute Gasteiger partial charge is 0.490 e. The number of rotatable bonds is 5. The van der Waals surface area contributed by atoms with Crippen LogP contribution in [-0.2, 0) is 11.2 Å². The first-order valence-corrected chi connectivity index (χ1v) is 10.9. The van der Waals surface area contributed by atoms with Crippen molar-refractivity contribution >= 4 is 17.4 Å². The Morgan fingerprint density at radius 2 is 2.06 bits per heavy atom. The van der Waals surface area contributed by atoms with Crippen LogP contribution < -0.4 is 10.5 Å². The van der Waals surface area contributed by atoms with Gasteiger partial charge >= 0.3 is 6.09 Å². The Hall–Kier alpha value is -3.44. The fourth-order valence-electron chi connectivity index (χ4n) is 3.82. The van der Waals surface area contributed by atoms with Gasteiger partial charge in [0.15, 0.2) is 0 Å². The minimum Gasteiger partial charge on any atom is -0.490 e. The fourth-order valence-corrected chi connectivity index (χ4v) is 4.72. The van der Waals surface area contributed by atoms with Crippen LogP contribution in [0.2, 0.25) is 0 Å². The van der Waals surface area contributed by atoms with Crippen molar-refractivity contribution in [2.75, 3.05) is 0 Å². The van der Waals surface area contributed by atoms with Crippen LogP contribution in [0.1, 0.15) is 49.5 Å². The number of hydrogen-bond acceptors (Lipinski definition) is 7. The molecular formula is C23H22N4O3S. The molecule has 0 bridgehead atoms. The van der Waals surface area contributed by atoms with Crippen molar-refractivity contribution in [1.82, 2.24) is 10.2 Å². The predicted molar refractivity (Wildman–Crippen MR) is 118 cm³/mol. The number of benzene rings is 2. The SMILES string of the molecule is CC(C)Oc1ccc(-c2nnc(-c3cccc4c3CCCC4OC(N)=O)s2)cc1C#N. The Morgan fingerprint density at radius 1 is 1.26 bits per heavy atom. The number of nitrogens with two attached hydrogens (primary N) is 1. The molecule has 158 valence electrons. The number of nitriles is 1. The molecule has 1 heterocycles. The first kappa shape index (κ1) is 20.8. The van der Waals surface area contributed by atoms with E-state index in [0.717, 1.165) is 51.5 Å². The Kier molecular flexibility index (Phi) is 5.87. The lowest BCUT2D eigenvalue weighted by atomic mass is 9.86. The van der Waals surface area contributed by atoms with Crippen LogP contribution in [0.3, 0.4) is 0 Å². The lowest BCUT2D eigenvalue weighted by Gasteiger charge is -2.26. The molecule has 1 amide bonds. The van der Waals surface area contributed by atoms with E-state index in [4.69, 9.17) is 15.2 Å². The number of nitrogens with zero attached hydrogens (tertiary/aromatic N) is 3. The summed E-state index contributed by atoms with van der Waals surface area (Å²) in [5, 5.41) is 19.8. The molecule has 0 radical (unpaired) electrons. The zero-order chi connectivity index (χ0) is 22.0. The third-order valence-electron chi connectivity index (χ3n) is 5.08. The third kappa shape index (κ3) is 4.37. The van der Waals surface area contributed by atoms with Crippen molar-refractivity contribution < 1.29 is 14.3 Å². The first-order chi connectivity index (χ1) is 15.0. The Labute approximate surface area is 184 Å². The third-order valence-corrected chi connectivity index (χ3v) is 6.08. The molecule has 0 saturated heterocycles. The van der Waals surface area contributed by atoms with Crippen LogP contribution in [-0.4, -0.2) is 22.4 Å². The monoisotopic (exact) mass is 434 g/mol. The first-order valence-electron chi connectivity index (χ1n) is 10.1. The number of fused-ring (bicyclic) bond motifs is 1. The van der Waals surface area contributed by atoms with Gasteiger partial charge < -0.3 is 15.2 Å². The van der Waals surface area contributed by atoms with E-state index in [9.17, 15) is 10.1 Å². The maximum atomic E-state index is 11.3. The summed E-state index contributed by atoms with van der Waals surface area (Å²) >= 11 is 1.46. The van der Waals surface area contributed by atoms with E-state index >= 15 is 0 Å². The normalized spacial score (nSPS) is 15.2. The number of carbonyl (C=O) groups is 1. The topological polar surface area (TPSA) is 111 Å². The van der Waals surface area contributed by atoms with Gasteiger partial charge in [-0.15, -0.1) is 10.2 Å². The maximum Gasteiger partial charge on any atom is 0.405 e. The number of amides is 1. The number of ether oxygens (including phenoxy) is 2. The lowest BCUT2D eigenvalue weighted by molar-refractivity contribution is 0.0959. The molecule has 1 unspecified atom stereocenters. The average molecular weight is 435 g/mol. The second kappa shape index (κ2) is 8.74. The zero-order valence-electron chi connectivity index (χ0n) is 17.3. The van der Waals surface area contributed by atoms with Crippen LogP contribution in [0.5, 0.6) is 5.75 Å². The van der Waals surface area contributed by atoms with E-state index in [2.05, 4.69) is 16.3 Å². The summed E-state index contributed by atoms with van der Waals surface area (Å²) in [6.45, 7) is 3.84. The molecule has 8 heteroatoms. The Bertz CT molecular complexity index is 1170. The van der Waals surface area contributed by atoms with E-state index in [1.54, 1.807) is 12.1 Å². The average Bonchev–Trinajstić information content (AvgIpc) is 3.23. The minimum atomic E-state index is -0.764. The molecule has 1 atom stereocenters. The summed E-state index contributed by atoms with van der Waals surface area (Å²) in [5.41, 5.74) is 9.60. The van der Waals surface area contributed by atoms with Crippen molar-refractivity contribution in [3.05, 3.63) is 53.1 Å². The van der Waals surface area contributed by atoms with Crippen LogP contribution in [0.25, 0.3) is 21.1 Å². The van der Waals surface area contributed by atoms with E-state index in [1.807, 2.05) is 38.1 Å². The van der Waals surface area contributed by atoms with Gasteiger partial charge in [-0.1, -0.05) is 29.5 Å². The molecule has 0 aliphatic heterocycles. The van der Waals surface area contributed by atoms with Gasteiger partial charge in [-0.2, -0.15) is 5.26 Å². The molecule has 7 nitrogen and oxygen atoms in total. The van der Waals surface area contributed by atoms with E-state index in [-0.39, 0.29) is 12.2 Å². The molecule has 2 N–H and O–H groups in total. The van der Waals surface area contributed by atoms with Crippen molar-refractivity contribution in [3.63, 3.8) is 0 Å². The quantitative estimate of drug-likeness (QED) is 0.605. The molecule has 1 aliphatic rings. The molecule has 0 spiro atoms. The van der Waals surface area contributed by atoms with E-state index < -0.39 is 6.09 Å². The number of primary amides is 1. The van der Waals surface area contributed by atoms with Gasteiger partial charge in [0.05, 0.1) is 11.7 Å². The molecular weight excluding hydrogens is 412 g/mol. The van der Waals surface area contributed by atoms with Gasteiger partial charge in [0.1, 0.15) is 27.9 Å². The zero-order valence-corrected chi connectivity index (χ0v) is 18.1. The summed E-state index contributed by atoms with van der Waals surface area (Å²) in [6.07, 6.45) is 1.41. The Morgan fingerprint density at radius 3 is 2.81 bits per heavy atom. The molecule has 4 rings (SSSR count). The fraction of sp³-hybridized carbons (Fsp3) is 0.304. The van der Waals surface area contributed by atoms with Gasteiger partial charge in [0, 0.05) is 11.1 Å². The van der Waals surface area contributed by atoms with Gasteiger partial charge in [-0.05, 0) is 62.4 Å². The summed E-state index contributed by atoms with van der Waals surface area (Å²) in [4.78, 5) is 11.3. The molecule has 31 heavy (non-hydrogen) atoms. The van der Waals surface area contributed by atoms with Crippen molar-refractivity contribution in [3.8, 4) is 33.0 Å². The Balaban J connectivity index is 1.68. The van der Waals surface area contributed by atoms with E-state index in [1.165, 1.54) is 11.3 Å². The standard InChI is InChI=1S/C23H22N4O3S/c1-13(2)29-19-10-9-14(11-15(19)12-24)21-26-27-22(31-21)18-7-3-6-17-16(18)5-4-8-20(17)30-23(25)28/h3,6-7,9-11,13,20H,4-5,8H2,1-2H3,(H2,25,28). The van der Waals surface area contributed by atoms with Crippen molar-refractivity contribution in [2.24, 2.45) is 5.73 Å². The molecule has 0 saturated carbocycles. The van der Waals surface area contributed by atoms with Crippen molar-refractivity contribution in [2.45, 2.75) is 45.3 Å². The maximum absolute atomic E-state index is 11.3. The van der Waals surface area contributed by atoms with Gasteiger partial charge in [0.25, 0.3) is 0 Å². The van der Waals surface area contributed by atoms with Gasteiger partial charge in [-0.3, -0.25) is 0 Å². The number of aromatic nitrogens is 2. The predicted octanol–water partition coefficient (Wildman–Crippen LogP) is 5.00. The highest BCUT2D eigenvalue weighted by Gasteiger charge is 2.26. The van der Waals surface area contributed by atoms with Crippen LogP contribution in [0.15, 0.2) is 36.4 Å². The summed E-state index contributed by atoms with van der Waals surface area (Å²) in [6, 6.07) is 13.6. The highest BCUT2D eigenvalue weighted by atomic mass is 32.1.